The Balaban J connectivity index is 1.78. The second-order valence-corrected chi connectivity index (χ2v) is 7.66. The van der Waals surface area contributed by atoms with E-state index in [0.717, 1.165) is 18.2 Å². The monoisotopic (exact) mass is 360 g/mol. The van der Waals surface area contributed by atoms with Gasteiger partial charge in [-0.15, -0.1) is 0 Å². The molecule has 1 aromatic rings. The number of sulfone groups is 1. The molecule has 1 unspecified atom stereocenters. The van der Waals surface area contributed by atoms with E-state index in [9.17, 15) is 22.0 Å². The third-order valence-corrected chi connectivity index (χ3v) is 5.18. The molecule has 1 amide bonds. The first-order valence-electron chi connectivity index (χ1n) is 7.27. The Morgan fingerprint density at radius 2 is 2.12 bits per heavy atom. The Hall–Kier alpha value is -2.23. The van der Waals surface area contributed by atoms with E-state index >= 15 is 0 Å². The molecule has 1 saturated heterocycles. The predicted octanol–water partition coefficient (Wildman–Crippen LogP) is 0.385. The largest absolute Gasteiger partial charge is 0.370 e. The third kappa shape index (κ3) is 5.44. The minimum Gasteiger partial charge on any atom is -0.370 e. The summed E-state index contributed by atoms with van der Waals surface area (Å²) < 4.78 is 49.0. The predicted molar refractivity (Wildman–Crippen MR) is 86.3 cm³/mol. The van der Waals surface area contributed by atoms with Gasteiger partial charge in [0.15, 0.2) is 15.8 Å². The van der Waals surface area contributed by atoms with Crippen molar-refractivity contribution in [2.24, 2.45) is 10.7 Å². The molecular formula is C14H18F2N4O3S. The van der Waals surface area contributed by atoms with E-state index in [2.05, 4.69) is 15.6 Å². The summed E-state index contributed by atoms with van der Waals surface area (Å²) in [7, 11) is -3.06. The van der Waals surface area contributed by atoms with Crippen molar-refractivity contribution in [2.75, 3.05) is 23.4 Å². The molecule has 4 N–H and O–H groups in total. The fourth-order valence-corrected chi connectivity index (χ4v) is 3.93. The summed E-state index contributed by atoms with van der Waals surface area (Å²) in [5.74, 6) is -1.79. The molecular weight excluding hydrogens is 342 g/mol. The van der Waals surface area contributed by atoms with Crippen LogP contribution in [0.2, 0.25) is 0 Å². The molecule has 0 spiro atoms. The lowest BCUT2D eigenvalue weighted by Crippen LogP contribution is -2.36. The van der Waals surface area contributed by atoms with Crippen LogP contribution in [0.5, 0.6) is 0 Å². The molecule has 1 aromatic carbocycles. The summed E-state index contributed by atoms with van der Waals surface area (Å²) in [6, 6.07) is 2.49. The highest BCUT2D eigenvalue weighted by Crippen LogP contribution is 2.14. The maximum atomic E-state index is 13.4. The Labute approximate surface area is 138 Å². The highest BCUT2D eigenvalue weighted by Gasteiger charge is 2.28. The molecule has 1 atom stereocenters. The average Bonchev–Trinajstić information content (AvgIpc) is 2.81. The molecule has 1 aliphatic rings. The second-order valence-electron chi connectivity index (χ2n) is 5.43. The zero-order valence-electron chi connectivity index (χ0n) is 12.8. The van der Waals surface area contributed by atoms with Gasteiger partial charge in [0.2, 0.25) is 5.91 Å². The summed E-state index contributed by atoms with van der Waals surface area (Å²) in [6.45, 7) is 0.0288. The summed E-state index contributed by atoms with van der Waals surface area (Å²) in [5.41, 5.74) is 5.39. The minimum atomic E-state index is -3.06. The maximum absolute atomic E-state index is 13.4. The second kappa shape index (κ2) is 7.56. The van der Waals surface area contributed by atoms with Crippen LogP contribution in [-0.2, 0) is 14.6 Å². The number of nitrogens with one attached hydrogen (secondary N) is 2. The van der Waals surface area contributed by atoms with E-state index in [4.69, 9.17) is 5.73 Å². The van der Waals surface area contributed by atoms with Gasteiger partial charge in [-0.1, -0.05) is 0 Å². The molecule has 7 nitrogen and oxygen atoms in total. The molecule has 1 fully saturated rings. The molecule has 0 saturated carbocycles. The van der Waals surface area contributed by atoms with Crippen LogP contribution in [-0.4, -0.2) is 44.4 Å². The van der Waals surface area contributed by atoms with Crippen LogP contribution < -0.4 is 16.4 Å². The van der Waals surface area contributed by atoms with Gasteiger partial charge < -0.3 is 16.4 Å². The average molecular weight is 360 g/mol. The summed E-state index contributed by atoms with van der Waals surface area (Å²) in [6.07, 6.45) is 0.407. The fraction of sp³-hybridized carbons (Fsp3) is 0.429. The minimum absolute atomic E-state index is 0.00452. The van der Waals surface area contributed by atoms with Gasteiger partial charge in [-0.25, -0.2) is 17.2 Å². The Morgan fingerprint density at radius 1 is 1.38 bits per heavy atom. The van der Waals surface area contributed by atoms with Crippen molar-refractivity contribution in [1.82, 2.24) is 5.32 Å². The molecule has 0 radical (unpaired) electrons. The van der Waals surface area contributed by atoms with E-state index in [1.807, 2.05) is 0 Å². The Morgan fingerprint density at radius 3 is 2.79 bits per heavy atom. The lowest BCUT2D eigenvalue weighted by Gasteiger charge is -2.10. The number of carbonyl (C=O) groups excluding carboxylic acids is 1. The number of halogens is 2. The molecule has 0 bridgehead atoms. The van der Waals surface area contributed by atoms with Crippen molar-refractivity contribution in [3.8, 4) is 0 Å². The van der Waals surface area contributed by atoms with Crippen LogP contribution in [0.3, 0.4) is 0 Å². The van der Waals surface area contributed by atoms with Crippen molar-refractivity contribution < 1.29 is 22.0 Å². The van der Waals surface area contributed by atoms with Crippen LogP contribution in [0.4, 0.5) is 14.5 Å². The molecule has 2 rings (SSSR count). The number of hydrogen-bond donors (Lipinski definition) is 3. The number of anilines is 1. The standard InChI is InChI=1S/C14H18F2N4O3S/c15-9-1-2-11(16)12(7-9)20-14(17)18-5-3-13(21)19-10-4-6-24(22,23)8-10/h1-2,7,10H,3-6,8H2,(H,19,21)(H3,17,18,20). The molecule has 1 heterocycles. The molecule has 0 aliphatic carbocycles. The van der Waals surface area contributed by atoms with Gasteiger partial charge in [-0.2, -0.15) is 0 Å². The van der Waals surface area contributed by atoms with E-state index in [0.29, 0.717) is 6.42 Å². The van der Waals surface area contributed by atoms with Crippen molar-refractivity contribution in [3.63, 3.8) is 0 Å². The number of amides is 1. The molecule has 0 aromatic heterocycles. The van der Waals surface area contributed by atoms with E-state index in [-0.39, 0.29) is 48.1 Å². The van der Waals surface area contributed by atoms with Crippen LogP contribution in [0.25, 0.3) is 0 Å². The number of hydrogen-bond acceptors (Lipinski definition) is 4. The maximum Gasteiger partial charge on any atom is 0.222 e. The number of aliphatic imine (C=N–C) groups is 1. The summed E-state index contributed by atoms with van der Waals surface area (Å²) in [4.78, 5) is 15.6. The van der Waals surface area contributed by atoms with Crippen LogP contribution in [0, 0.1) is 11.6 Å². The zero-order chi connectivity index (χ0) is 17.7. The van der Waals surface area contributed by atoms with Crippen molar-refractivity contribution in [1.29, 1.82) is 0 Å². The van der Waals surface area contributed by atoms with Crippen molar-refractivity contribution in [3.05, 3.63) is 29.8 Å². The lowest BCUT2D eigenvalue weighted by atomic mass is 10.2. The van der Waals surface area contributed by atoms with Crippen molar-refractivity contribution in [2.45, 2.75) is 18.9 Å². The smallest absolute Gasteiger partial charge is 0.222 e. The number of rotatable bonds is 5. The van der Waals surface area contributed by atoms with Gasteiger partial charge >= 0.3 is 0 Å². The highest BCUT2D eigenvalue weighted by molar-refractivity contribution is 7.91. The van der Waals surface area contributed by atoms with Gasteiger partial charge in [0, 0.05) is 18.5 Å². The molecule has 132 valence electrons. The molecule has 1 aliphatic heterocycles. The lowest BCUT2D eigenvalue weighted by molar-refractivity contribution is -0.121. The zero-order valence-corrected chi connectivity index (χ0v) is 13.6. The Kier molecular flexibility index (Phi) is 5.71. The van der Waals surface area contributed by atoms with E-state index in [1.54, 1.807) is 0 Å². The van der Waals surface area contributed by atoms with Crippen LogP contribution in [0.1, 0.15) is 12.8 Å². The Bertz CT molecular complexity index is 752. The SMILES string of the molecule is NC(=NCCC(=O)NC1CCS(=O)(=O)C1)Nc1cc(F)ccc1F. The van der Waals surface area contributed by atoms with Crippen LogP contribution >= 0.6 is 0 Å². The number of benzene rings is 1. The third-order valence-electron chi connectivity index (χ3n) is 3.41. The van der Waals surface area contributed by atoms with Gasteiger partial charge in [0.05, 0.1) is 23.7 Å². The first kappa shape index (κ1) is 18.1. The topological polar surface area (TPSA) is 114 Å². The van der Waals surface area contributed by atoms with Crippen LogP contribution in [0.15, 0.2) is 23.2 Å². The van der Waals surface area contributed by atoms with Gasteiger partial charge in [0.1, 0.15) is 11.6 Å². The summed E-state index contributed by atoms with van der Waals surface area (Å²) in [5, 5.41) is 5.03. The summed E-state index contributed by atoms with van der Waals surface area (Å²) >= 11 is 0. The number of nitrogens with zero attached hydrogens (tertiary/aromatic N) is 1. The highest BCUT2D eigenvalue weighted by atomic mass is 32.2. The quantitative estimate of drug-likeness (QED) is 0.519. The van der Waals surface area contributed by atoms with Gasteiger partial charge in [0.25, 0.3) is 0 Å². The van der Waals surface area contributed by atoms with E-state index in [1.165, 1.54) is 0 Å². The van der Waals surface area contributed by atoms with Gasteiger partial charge in [-0.3, -0.25) is 9.79 Å². The fourth-order valence-electron chi connectivity index (χ4n) is 2.26. The first-order valence-corrected chi connectivity index (χ1v) is 9.09. The van der Waals surface area contributed by atoms with E-state index < -0.39 is 21.5 Å². The number of carbonyl (C=O) groups is 1. The number of guanidine groups is 1. The first-order chi connectivity index (χ1) is 11.2. The normalized spacial score (nSPS) is 19.9. The van der Waals surface area contributed by atoms with Gasteiger partial charge in [-0.05, 0) is 18.6 Å². The van der Waals surface area contributed by atoms with Crippen molar-refractivity contribution >= 4 is 27.4 Å². The number of nitrogens with two attached hydrogens (primary N) is 1. The molecule has 10 heteroatoms. The molecule has 24 heavy (non-hydrogen) atoms.